The normalized spacial score (nSPS) is 24.9. The highest BCUT2D eigenvalue weighted by atomic mass is 79.9. The summed E-state index contributed by atoms with van der Waals surface area (Å²) in [5.41, 5.74) is 2.76. The first-order valence-electron chi connectivity index (χ1n) is 7.20. The third-order valence-corrected chi connectivity index (χ3v) is 4.91. The maximum Gasteiger partial charge on any atom is 0.0511 e. The summed E-state index contributed by atoms with van der Waals surface area (Å²) in [6.45, 7) is 5.70. The van der Waals surface area contributed by atoms with E-state index in [2.05, 4.69) is 56.3 Å². The molecule has 4 heteroatoms. The van der Waals surface area contributed by atoms with Gasteiger partial charge in [-0.25, -0.2) is 0 Å². The van der Waals surface area contributed by atoms with Gasteiger partial charge >= 0.3 is 0 Å². The molecule has 0 aromatic heterocycles. The molecule has 1 unspecified atom stereocenters. The standard InChI is InChI=1S/C15H22BrN3/c1-18-7-9-19(10-8-18)15-5-4-12(11-13(15)16)14-3-2-6-17-14/h4-5,11,14,17H,2-3,6-10H2,1H3. The van der Waals surface area contributed by atoms with E-state index in [1.54, 1.807) is 0 Å². The van der Waals surface area contributed by atoms with Crippen LogP contribution >= 0.6 is 15.9 Å². The van der Waals surface area contributed by atoms with Crippen molar-refractivity contribution in [3.8, 4) is 0 Å². The Morgan fingerprint density at radius 3 is 2.63 bits per heavy atom. The van der Waals surface area contributed by atoms with Crippen LogP contribution in [-0.2, 0) is 0 Å². The van der Waals surface area contributed by atoms with Crippen molar-refractivity contribution < 1.29 is 0 Å². The van der Waals surface area contributed by atoms with Crippen LogP contribution in [0.1, 0.15) is 24.4 Å². The number of likely N-dealkylation sites (N-methyl/N-ethyl adjacent to an activating group) is 1. The number of rotatable bonds is 2. The van der Waals surface area contributed by atoms with E-state index >= 15 is 0 Å². The Hall–Kier alpha value is -0.580. The molecule has 104 valence electrons. The van der Waals surface area contributed by atoms with Crippen molar-refractivity contribution in [1.29, 1.82) is 0 Å². The number of nitrogens with zero attached hydrogens (tertiary/aromatic N) is 2. The molecular formula is C15H22BrN3. The molecule has 2 heterocycles. The van der Waals surface area contributed by atoms with Crippen LogP contribution in [0.3, 0.4) is 0 Å². The van der Waals surface area contributed by atoms with Crippen LogP contribution in [0, 0.1) is 0 Å². The molecule has 0 saturated carbocycles. The second-order valence-electron chi connectivity index (χ2n) is 5.65. The van der Waals surface area contributed by atoms with Crippen molar-refractivity contribution in [3.63, 3.8) is 0 Å². The van der Waals surface area contributed by atoms with Gasteiger partial charge in [0.2, 0.25) is 0 Å². The SMILES string of the molecule is CN1CCN(c2ccc(C3CCCN3)cc2Br)CC1. The summed E-state index contributed by atoms with van der Waals surface area (Å²) in [5, 5.41) is 3.56. The van der Waals surface area contributed by atoms with Gasteiger partial charge in [0.15, 0.2) is 0 Å². The molecule has 3 nitrogen and oxygen atoms in total. The molecule has 1 atom stereocenters. The van der Waals surface area contributed by atoms with Crippen LogP contribution in [0.5, 0.6) is 0 Å². The lowest BCUT2D eigenvalue weighted by molar-refractivity contribution is 0.312. The summed E-state index contributed by atoms with van der Waals surface area (Å²) in [6, 6.07) is 7.43. The zero-order valence-electron chi connectivity index (χ0n) is 11.5. The molecule has 19 heavy (non-hydrogen) atoms. The van der Waals surface area contributed by atoms with Gasteiger partial charge in [-0.05, 0) is 60.1 Å². The number of hydrogen-bond donors (Lipinski definition) is 1. The Labute approximate surface area is 124 Å². The Bertz CT molecular complexity index is 435. The molecule has 0 bridgehead atoms. The number of halogens is 1. The van der Waals surface area contributed by atoms with Gasteiger partial charge in [0.05, 0.1) is 5.69 Å². The number of anilines is 1. The molecule has 2 aliphatic heterocycles. The number of benzene rings is 1. The van der Waals surface area contributed by atoms with Crippen molar-refractivity contribution >= 4 is 21.6 Å². The summed E-state index contributed by atoms with van der Waals surface area (Å²) in [7, 11) is 2.20. The van der Waals surface area contributed by atoms with Crippen LogP contribution in [0.25, 0.3) is 0 Å². The minimum Gasteiger partial charge on any atom is -0.368 e. The highest BCUT2D eigenvalue weighted by molar-refractivity contribution is 9.10. The summed E-state index contributed by atoms with van der Waals surface area (Å²) in [4.78, 5) is 4.87. The van der Waals surface area contributed by atoms with Gasteiger partial charge in [-0.2, -0.15) is 0 Å². The lowest BCUT2D eigenvalue weighted by Gasteiger charge is -2.34. The van der Waals surface area contributed by atoms with Crippen molar-refractivity contribution in [2.45, 2.75) is 18.9 Å². The van der Waals surface area contributed by atoms with E-state index in [1.807, 2.05) is 0 Å². The number of nitrogens with one attached hydrogen (secondary N) is 1. The van der Waals surface area contributed by atoms with Gasteiger partial charge in [-0.3, -0.25) is 0 Å². The predicted octanol–water partition coefficient (Wildman–Crippen LogP) is 2.63. The van der Waals surface area contributed by atoms with Crippen molar-refractivity contribution in [2.75, 3.05) is 44.7 Å². The molecule has 1 aromatic rings. The fourth-order valence-electron chi connectivity index (χ4n) is 3.01. The Balaban J connectivity index is 1.75. The molecule has 0 amide bonds. The highest BCUT2D eigenvalue weighted by Crippen LogP contribution is 2.32. The smallest absolute Gasteiger partial charge is 0.0511 e. The first-order chi connectivity index (χ1) is 9.24. The van der Waals surface area contributed by atoms with Gasteiger partial charge in [0.25, 0.3) is 0 Å². The monoisotopic (exact) mass is 323 g/mol. The van der Waals surface area contributed by atoms with Crippen LogP contribution in [-0.4, -0.2) is 44.7 Å². The maximum absolute atomic E-state index is 3.76. The van der Waals surface area contributed by atoms with E-state index in [4.69, 9.17) is 0 Å². The molecule has 3 rings (SSSR count). The molecule has 0 spiro atoms. The van der Waals surface area contributed by atoms with Crippen molar-refractivity contribution in [2.24, 2.45) is 0 Å². The lowest BCUT2D eigenvalue weighted by Crippen LogP contribution is -2.44. The highest BCUT2D eigenvalue weighted by Gasteiger charge is 2.19. The molecule has 2 aliphatic rings. The van der Waals surface area contributed by atoms with E-state index in [9.17, 15) is 0 Å². The predicted molar refractivity (Wildman–Crippen MR) is 83.8 cm³/mol. The third-order valence-electron chi connectivity index (χ3n) is 4.28. The number of piperazine rings is 1. The van der Waals surface area contributed by atoms with Gasteiger partial charge < -0.3 is 15.1 Å². The van der Waals surface area contributed by atoms with E-state index in [1.165, 1.54) is 28.6 Å². The second kappa shape index (κ2) is 5.81. The topological polar surface area (TPSA) is 18.5 Å². The van der Waals surface area contributed by atoms with Crippen LogP contribution < -0.4 is 10.2 Å². The van der Waals surface area contributed by atoms with Crippen molar-refractivity contribution in [3.05, 3.63) is 28.2 Å². The largest absolute Gasteiger partial charge is 0.368 e. The molecular weight excluding hydrogens is 302 g/mol. The molecule has 2 saturated heterocycles. The summed E-state index contributed by atoms with van der Waals surface area (Å²) < 4.78 is 1.24. The second-order valence-corrected chi connectivity index (χ2v) is 6.50. The zero-order valence-corrected chi connectivity index (χ0v) is 13.1. The molecule has 0 aliphatic carbocycles. The Morgan fingerprint density at radius 1 is 1.21 bits per heavy atom. The van der Waals surface area contributed by atoms with Crippen LogP contribution in [0.15, 0.2) is 22.7 Å². The summed E-state index contributed by atoms with van der Waals surface area (Å²) in [6.07, 6.45) is 2.56. The van der Waals surface area contributed by atoms with E-state index in [0.29, 0.717) is 6.04 Å². The van der Waals surface area contributed by atoms with E-state index in [0.717, 1.165) is 32.7 Å². The summed E-state index contributed by atoms with van der Waals surface area (Å²) in [5.74, 6) is 0. The van der Waals surface area contributed by atoms with Gasteiger partial charge in [0, 0.05) is 36.7 Å². The molecule has 1 N–H and O–H groups in total. The van der Waals surface area contributed by atoms with E-state index in [-0.39, 0.29) is 0 Å². The maximum atomic E-state index is 3.76. The average Bonchev–Trinajstić information content (AvgIpc) is 2.94. The van der Waals surface area contributed by atoms with Crippen LogP contribution in [0.4, 0.5) is 5.69 Å². The van der Waals surface area contributed by atoms with Gasteiger partial charge in [-0.1, -0.05) is 6.07 Å². The Morgan fingerprint density at radius 2 is 2.00 bits per heavy atom. The first-order valence-corrected chi connectivity index (χ1v) is 7.99. The summed E-state index contributed by atoms with van der Waals surface area (Å²) >= 11 is 3.76. The minimum absolute atomic E-state index is 0.554. The lowest BCUT2D eigenvalue weighted by atomic mass is 10.0. The quantitative estimate of drug-likeness (QED) is 0.902. The average molecular weight is 324 g/mol. The zero-order chi connectivity index (χ0) is 13.2. The minimum atomic E-state index is 0.554. The Kier molecular flexibility index (Phi) is 4.10. The fourth-order valence-corrected chi connectivity index (χ4v) is 3.66. The first kappa shape index (κ1) is 13.4. The number of hydrogen-bond acceptors (Lipinski definition) is 3. The van der Waals surface area contributed by atoms with E-state index < -0.39 is 0 Å². The fraction of sp³-hybridized carbons (Fsp3) is 0.600. The molecule has 0 radical (unpaired) electrons. The van der Waals surface area contributed by atoms with Gasteiger partial charge in [0.1, 0.15) is 0 Å². The third kappa shape index (κ3) is 2.96. The molecule has 1 aromatic carbocycles. The van der Waals surface area contributed by atoms with Gasteiger partial charge in [-0.15, -0.1) is 0 Å². The van der Waals surface area contributed by atoms with Crippen molar-refractivity contribution in [1.82, 2.24) is 10.2 Å². The molecule has 2 fully saturated rings. The van der Waals surface area contributed by atoms with Crippen LogP contribution in [0.2, 0.25) is 0 Å².